The third kappa shape index (κ3) is 6.72. The van der Waals surface area contributed by atoms with Gasteiger partial charge in [-0.3, -0.25) is 14.5 Å². The lowest BCUT2D eigenvalue weighted by Gasteiger charge is -2.63. The fourth-order valence-electron chi connectivity index (χ4n) is 14.8. The summed E-state index contributed by atoms with van der Waals surface area (Å²) in [5.74, 6) is -1.08. The molecule has 2 bridgehead atoms. The second kappa shape index (κ2) is 17.3. The number of esters is 3. The maximum absolute atomic E-state index is 15.7. The molecule has 1 aliphatic carbocycles. The van der Waals surface area contributed by atoms with Crippen LogP contribution in [0.2, 0.25) is 0 Å². The van der Waals surface area contributed by atoms with E-state index in [1.165, 1.54) is 21.1 Å². The van der Waals surface area contributed by atoms with E-state index in [0.29, 0.717) is 87.6 Å². The van der Waals surface area contributed by atoms with E-state index in [9.17, 15) is 19.5 Å². The summed E-state index contributed by atoms with van der Waals surface area (Å²) in [5.41, 5.74) is -1.12. The van der Waals surface area contributed by atoms with E-state index in [4.69, 9.17) is 23.7 Å². The molecule has 16 nitrogen and oxygen atoms in total. The first-order valence-corrected chi connectivity index (χ1v) is 24.6. The summed E-state index contributed by atoms with van der Waals surface area (Å²) in [5, 5.41) is 20.9. The molecule has 1 spiro atoms. The number of aliphatic hydroxyl groups is 1. The molecule has 4 aromatic rings. The van der Waals surface area contributed by atoms with Gasteiger partial charge in [-0.1, -0.05) is 50.3 Å². The number of amides is 2. The topological polar surface area (TPSA) is 184 Å². The first-order valence-electron chi connectivity index (χ1n) is 24.6. The number of hydrogen-bond acceptors (Lipinski definition) is 13. The van der Waals surface area contributed by atoms with Crippen molar-refractivity contribution in [3.8, 4) is 11.5 Å². The van der Waals surface area contributed by atoms with E-state index in [0.717, 1.165) is 33.4 Å². The zero-order valence-corrected chi connectivity index (χ0v) is 41.5. The number of benzene rings is 3. The lowest BCUT2D eigenvalue weighted by Crippen LogP contribution is -2.81. The van der Waals surface area contributed by atoms with Crippen LogP contribution in [0.15, 0.2) is 72.8 Å². The van der Waals surface area contributed by atoms with Crippen LogP contribution >= 0.6 is 0 Å². The number of urea groups is 1. The van der Waals surface area contributed by atoms with E-state index < -0.39 is 57.4 Å². The second-order valence-electron chi connectivity index (χ2n) is 20.6. The predicted octanol–water partition coefficient (Wildman–Crippen LogP) is 5.83. The Morgan fingerprint density at radius 3 is 2.39 bits per heavy atom. The Morgan fingerprint density at radius 2 is 1.67 bits per heavy atom. The molecule has 1 aromatic heterocycles. The Bertz CT molecular complexity index is 2790. The van der Waals surface area contributed by atoms with Crippen molar-refractivity contribution in [1.29, 1.82) is 0 Å². The molecule has 1 saturated carbocycles. The number of rotatable bonds is 10. The molecule has 2 saturated heterocycles. The van der Waals surface area contributed by atoms with Crippen LogP contribution in [0.1, 0.15) is 75.3 Å². The van der Waals surface area contributed by atoms with Crippen LogP contribution in [0.5, 0.6) is 11.5 Å². The first kappa shape index (κ1) is 47.6. The number of likely N-dealkylation sites (N-methyl/N-ethyl adjacent to an activating group) is 1. The van der Waals surface area contributed by atoms with Crippen molar-refractivity contribution >= 4 is 46.2 Å². The molecular formula is C54H66N6O10. The molecule has 10 rings (SSSR count). The highest BCUT2D eigenvalue weighted by atomic mass is 16.6. The number of para-hydroxylation sites is 1. The summed E-state index contributed by atoms with van der Waals surface area (Å²) in [6.45, 7) is 8.60. The van der Waals surface area contributed by atoms with Crippen LogP contribution in [0.3, 0.4) is 0 Å². The minimum absolute atomic E-state index is 0.157. The molecule has 4 N–H and O–H groups in total. The highest BCUT2D eigenvalue weighted by molar-refractivity contribution is 5.95. The van der Waals surface area contributed by atoms with Crippen LogP contribution in [0.4, 0.5) is 16.2 Å². The maximum Gasteiger partial charge on any atom is 0.344 e. The smallest absolute Gasteiger partial charge is 0.344 e. The molecule has 5 aliphatic heterocycles. The molecule has 372 valence electrons. The zero-order chi connectivity index (χ0) is 49.5. The molecule has 3 fully saturated rings. The van der Waals surface area contributed by atoms with Crippen molar-refractivity contribution in [3.63, 3.8) is 0 Å². The van der Waals surface area contributed by atoms with Crippen molar-refractivity contribution in [2.75, 3.05) is 78.4 Å². The largest absolute Gasteiger partial charge is 0.497 e. The molecule has 10 atom stereocenters. The number of anilines is 2. The number of ether oxygens (including phenoxy) is 5. The number of nitrogens with zero attached hydrogens (tertiary/aromatic N) is 3. The number of piperidine rings is 1. The molecular weight excluding hydrogens is 893 g/mol. The lowest BCUT2D eigenvalue weighted by atomic mass is 9.47. The van der Waals surface area contributed by atoms with Crippen LogP contribution in [0, 0.1) is 11.3 Å². The first-order chi connectivity index (χ1) is 33.6. The Balaban J connectivity index is 1.19. The van der Waals surface area contributed by atoms with Gasteiger partial charge in [-0.25, -0.2) is 9.59 Å². The minimum atomic E-state index is -2.34. The summed E-state index contributed by atoms with van der Waals surface area (Å²) in [6, 6.07) is 17.8. The number of carbonyl (C=O) groups excluding carboxylic acids is 4. The molecule has 3 aromatic carbocycles. The number of hydrogen-bond donors (Lipinski definition) is 4. The maximum atomic E-state index is 15.7. The van der Waals surface area contributed by atoms with Crippen LogP contribution in [0.25, 0.3) is 10.9 Å². The third-order valence-corrected chi connectivity index (χ3v) is 17.3. The SMILES string of the molecule is CC[C@]1(NC(=O)Nc2cccc(OC)c2)C[C@@H]2CN(CCc3c([nH]c4ccccc34)[C@@](C(=O)OC)(c3cc4c(cc3OC)N(C)[C@H]3[C@@](O)(C(=O)OC)[C@H](OC(C)=O)[C@]5(CC)C=CCN6CC[C@]43[C@@H]65)C2)C1. The van der Waals surface area contributed by atoms with Crippen LogP contribution in [-0.4, -0.2) is 141 Å². The van der Waals surface area contributed by atoms with E-state index in [-0.39, 0.29) is 24.4 Å². The molecule has 6 aliphatic rings. The molecule has 6 heterocycles. The number of methoxy groups -OCH3 is 4. The molecule has 16 heteroatoms. The van der Waals surface area contributed by atoms with Crippen molar-refractivity contribution in [2.24, 2.45) is 11.3 Å². The standard InChI is InChI=1S/C54H66N6O10/c1-9-50(57-49(64)55-34-15-13-16-35(25-34)66-5)28-33-29-53(47(62)68-7,43-37(19-23-59(30-33)31-50)36-17-11-12-18-40(36)56-43)39-26-38-41(27-42(39)67-6)58(4)45-52(38)21-24-60-22-14-20-51(10-2,44(52)60)46(70-32(3)61)54(45,65)48(63)69-8/h11-18,20,25-27,33,44-46,56,65H,9-10,19,21-24,28-31H2,1-8H3,(H2,55,57,64)/t33-,44-,45+,46+,50-,51+,52+,53-,54-/m0/s1. The summed E-state index contributed by atoms with van der Waals surface area (Å²) in [7, 11) is 7.73. The normalized spacial score (nSPS) is 32.8. The number of carbonyl (C=O) groups is 4. The van der Waals surface area contributed by atoms with Gasteiger partial charge in [0.25, 0.3) is 0 Å². The van der Waals surface area contributed by atoms with Gasteiger partial charge < -0.3 is 54.2 Å². The van der Waals surface area contributed by atoms with Gasteiger partial charge in [0.15, 0.2) is 6.10 Å². The van der Waals surface area contributed by atoms with Gasteiger partial charge in [-0.05, 0) is 86.4 Å². The van der Waals surface area contributed by atoms with Crippen molar-refractivity contribution in [1.82, 2.24) is 20.1 Å². The van der Waals surface area contributed by atoms with Gasteiger partial charge in [-0.2, -0.15) is 0 Å². The molecule has 0 radical (unpaired) electrons. The average Bonchev–Trinajstić information content (AvgIpc) is 4.03. The fraction of sp³-hybridized carbons (Fsp3) is 0.519. The lowest BCUT2D eigenvalue weighted by molar-refractivity contribution is -0.228. The van der Waals surface area contributed by atoms with Gasteiger partial charge in [0, 0.05) is 103 Å². The van der Waals surface area contributed by atoms with Gasteiger partial charge >= 0.3 is 23.9 Å². The fourth-order valence-corrected chi connectivity index (χ4v) is 14.8. The number of aromatic amines is 1. The van der Waals surface area contributed by atoms with E-state index in [1.54, 1.807) is 20.3 Å². The van der Waals surface area contributed by atoms with Gasteiger partial charge in [-0.15, -0.1) is 0 Å². The second-order valence-corrected chi connectivity index (χ2v) is 20.6. The monoisotopic (exact) mass is 958 g/mol. The number of fused-ring (bicyclic) bond motifs is 6. The summed E-state index contributed by atoms with van der Waals surface area (Å²) in [6.07, 6.45) is 5.86. The quantitative estimate of drug-likeness (QED) is 0.0848. The average molecular weight is 959 g/mol. The number of aromatic nitrogens is 1. The minimum Gasteiger partial charge on any atom is -0.497 e. The van der Waals surface area contributed by atoms with Crippen molar-refractivity contribution in [3.05, 3.63) is 95.2 Å². The Kier molecular flexibility index (Phi) is 11.8. The Labute approximate surface area is 409 Å². The summed E-state index contributed by atoms with van der Waals surface area (Å²) >= 11 is 0. The van der Waals surface area contributed by atoms with Crippen molar-refractivity contribution < 1.29 is 48.0 Å². The van der Waals surface area contributed by atoms with E-state index in [2.05, 4.69) is 50.5 Å². The van der Waals surface area contributed by atoms with Crippen molar-refractivity contribution in [2.45, 2.75) is 99.5 Å². The summed E-state index contributed by atoms with van der Waals surface area (Å²) in [4.78, 5) is 68.0. The van der Waals surface area contributed by atoms with Gasteiger partial charge in [0.1, 0.15) is 16.9 Å². The number of nitrogens with one attached hydrogen (secondary N) is 3. The summed E-state index contributed by atoms with van der Waals surface area (Å²) < 4.78 is 29.7. The highest BCUT2D eigenvalue weighted by Crippen LogP contribution is 2.68. The number of H-pyrrole nitrogens is 1. The Morgan fingerprint density at radius 1 is 0.886 bits per heavy atom. The van der Waals surface area contributed by atoms with Gasteiger partial charge in [0.05, 0.1) is 40.0 Å². The van der Waals surface area contributed by atoms with Crippen LogP contribution in [-0.2, 0) is 45.8 Å². The van der Waals surface area contributed by atoms with E-state index in [1.807, 2.05) is 67.4 Å². The Hall–Kier alpha value is -6.10. The molecule has 2 amide bonds. The third-order valence-electron chi connectivity index (χ3n) is 17.3. The van der Waals surface area contributed by atoms with Crippen LogP contribution < -0.4 is 25.0 Å². The molecule has 70 heavy (non-hydrogen) atoms. The van der Waals surface area contributed by atoms with E-state index >= 15 is 4.79 Å². The molecule has 1 unspecified atom stereocenters. The zero-order valence-electron chi connectivity index (χ0n) is 41.5. The predicted molar refractivity (Wildman–Crippen MR) is 263 cm³/mol. The van der Waals surface area contributed by atoms with Gasteiger partial charge in [0.2, 0.25) is 5.60 Å². The highest BCUT2D eigenvalue weighted by Gasteiger charge is 2.80.